The molecule has 0 aromatic heterocycles. The Labute approximate surface area is 162 Å². The smallest absolute Gasteiger partial charge is 0.235 e. The molecular weight excluding hydrogens is 367 g/mol. The summed E-state index contributed by atoms with van der Waals surface area (Å²) in [4.78, 5) is 26.1. The zero-order chi connectivity index (χ0) is 19.8. The number of thioether (sulfide) groups is 1. The van der Waals surface area contributed by atoms with E-state index in [-0.39, 0.29) is 28.6 Å². The van der Waals surface area contributed by atoms with Crippen molar-refractivity contribution in [2.75, 3.05) is 25.2 Å². The van der Waals surface area contributed by atoms with Gasteiger partial charge in [0, 0.05) is 19.3 Å². The van der Waals surface area contributed by atoms with Gasteiger partial charge in [-0.3, -0.25) is 9.59 Å². The maximum absolute atomic E-state index is 12.9. The second-order valence-corrected chi connectivity index (χ2v) is 7.38. The first-order valence-electron chi connectivity index (χ1n) is 8.44. The van der Waals surface area contributed by atoms with E-state index in [1.807, 2.05) is 24.3 Å². The van der Waals surface area contributed by atoms with E-state index in [4.69, 9.17) is 4.74 Å². The largest absolute Gasteiger partial charge is 0.497 e. The van der Waals surface area contributed by atoms with Gasteiger partial charge in [0.15, 0.2) is 0 Å². The Morgan fingerprint density at radius 1 is 1.15 bits per heavy atom. The average Bonchev–Trinajstić information content (AvgIpc) is 2.67. The number of hydrogen-bond acceptors (Lipinski definition) is 4. The van der Waals surface area contributed by atoms with Gasteiger partial charge in [-0.1, -0.05) is 12.1 Å². The number of carbonyl (C=O) groups is 2. The highest BCUT2D eigenvalue weighted by Crippen LogP contribution is 2.17. The van der Waals surface area contributed by atoms with Crippen molar-refractivity contribution in [3.8, 4) is 5.75 Å². The molecule has 5 nitrogen and oxygen atoms in total. The molecule has 0 saturated heterocycles. The topological polar surface area (TPSA) is 58.6 Å². The van der Waals surface area contributed by atoms with Gasteiger partial charge in [0.2, 0.25) is 11.8 Å². The third kappa shape index (κ3) is 6.60. The van der Waals surface area contributed by atoms with Crippen LogP contribution in [0.15, 0.2) is 48.5 Å². The second-order valence-electron chi connectivity index (χ2n) is 6.05. The number of carbonyl (C=O) groups excluding carboxylic acids is 2. The summed E-state index contributed by atoms with van der Waals surface area (Å²) in [7, 11) is 3.35. The van der Waals surface area contributed by atoms with E-state index in [9.17, 15) is 14.0 Å². The van der Waals surface area contributed by atoms with E-state index >= 15 is 0 Å². The van der Waals surface area contributed by atoms with E-state index < -0.39 is 0 Å². The number of nitrogens with one attached hydrogen (secondary N) is 1. The van der Waals surface area contributed by atoms with E-state index in [2.05, 4.69) is 5.32 Å². The van der Waals surface area contributed by atoms with Crippen LogP contribution in [0.25, 0.3) is 0 Å². The van der Waals surface area contributed by atoms with Crippen molar-refractivity contribution >= 4 is 29.3 Å². The van der Waals surface area contributed by atoms with Crippen molar-refractivity contribution < 1.29 is 18.7 Å². The van der Waals surface area contributed by atoms with Gasteiger partial charge in [-0.15, -0.1) is 11.8 Å². The molecular formula is C20H23FN2O3S. The molecule has 1 N–H and O–H groups in total. The summed E-state index contributed by atoms with van der Waals surface area (Å²) in [5, 5.41) is 2.33. The molecule has 1 atom stereocenters. The quantitative estimate of drug-likeness (QED) is 0.749. The zero-order valence-electron chi connectivity index (χ0n) is 15.6. The number of amides is 2. The number of ether oxygens (including phenoxy) is 1. The standard InChI is InChI=1S/C20H23FN2O3S/c1-14(27-13-19(24)22-17-8-6-16(21)7-9-17)20(25)23(2)12-15-4-10-18(26-3)11-5-15/h4-11,14H,12-13H2,1-3H3,(H,22,24). The Morgan fingerprint density at radius 2 is 1.78 bits per heavy atom. The molecule has 2 amide bonds. The monoisotopic (exact) mass is 390 g/mol. The van der Waals surface area contributed by atoms with Crippen LogP contribution in [0.4, 0.5) is 10.1 Å². The molecule has 0 saturated carbocycles. The lowest BCUT2D eigenvalue weighted by Crippen LogP contribution is -2.33. The average molecular weight is 390 g/mol. The van der Waals surface area contributed by atoms with Crippen LogP contribution >= 0.6 is 11.8 Å². The van der Waals surface area contributed by atoms with Crippen LogP contribution in [0.1, 0.15) is 12.5 Å². The predicted octanol–water partition coefficient (Wildman–Crippen LogP) is 3.55. The number of benzene rings is 2. The van der Waals surface area contributed by atoms with Gasteiger partial charge in [0.05, 0.1) is 18.1 Å². The van der Waals surface area contributed by atoms with Crippen molar-refractivity contribution in [1.82, 2.24) is 4.90 Å². The molecule has 1 unspecified atom stereocenters. The molecule has 0 heterocycles. The Morgan fingerprint density at radius 3 is 2.37 bits per heavy atom. The van der Waals surface area contributed by atoms with Gasteiger partial charge in [-0.2, -0.15) is 0 Å². The van der Waals surface area contributed by atoms with Crippen LogP contribution in [-0.4, -0.2) is 41.9 Å². The number of rotatable bonds is 8. The molecule has 144 valence electrons. The van der Waals surface area contributed by atoms with Crippen LogP contribution in [0, 0.1) is 5.82 Å². The molecule has 0 fully saturated rings. The maximum Gasteiger partial charge on any atom is 0.235 e. The maximum atomic E-state index is 12.9. The van der Waals surface area contributed by atoms with E-state index in [0.29, 0.717) is 12.2 Å². The van der Waals surface area contributed by atoms with Gasteiger partial charge >= 0.3 is 0 Å². The number of halogens is 1. The molecule has 0 aliphatic rings. The summed E-state index contributed by atoms with van der Waals surface area (Å²) in [6.07, 6.45) is 0. The summed E-state index contributed by atoms with van der Waals surface area (Å²) in [6, 6.07) is 13.1. The summed E-state index contributed by atoms with van der Waals surface area (Å²) in [6.45, 7) is 2.26. The third-order valence-electron chi connectivity index (χ3n) is 3.90. The van der Waals surface area contributed by atoms with Gasteiger partial charge in [0.1, 0.15) is 11.6 Å². The predicted molar refractivity (Wildman–Crippen MR) is 106 cm³/mol. The van der Waals surface area contributed by atoms with Gasteiger partial charge in [-0.05, 0) is 48.9 Å². The van der Waals surface area contributed by atoms with Crippen molar-refractivity contribution in [2.24, 2.45) is 0 Å². The summed E-state index contributed by atoms with van der Waals surface area (Å²) < 4.78 is 18.0. The van der Waals surface area contributed by atoms with Gasteiger partial charge in [-0.25, -0.2) is 4.39 Å². The highest BCUT2D eigenvalue weighted by molar-refractivity contribution is 8.01. The minimum absolute atomic E-state index is 0.0506. The highest BCUT2D eigenvalue weighted by Gasteiger charge is 2.19. The number of anilines is 1. The summed E-state index contributed by atoms with van der Waals surface area (Å²) in [5.41, 5.74) is 1.52. The fourth-order valence-corrected chi connectivity index (χ4v) is 3.19. The van der Waals surface area contributed by atoms with E-state index in [1.165, 1.54) is 36.0 Å². The lowest BCUT2D eigenvalue weighted by Gasteiger charge is -2.21. The van der Waals surface area contributed by atoms with E-state index in [1.54, 1.807) is 26.0 Å². The first kappa shape index (κ1) is 20.8. The number of methoxy groups -OCH3 is 1. The lowest BCUT2D eigenvalue weighted by atomic mass is 10.2. The van der Waals surface area contributed by atoms with Crippen LogP contribution < -0.4 is 10.1 Å². The van der Waals surface area contributed by atoms with Crippen molar-refractivity contribution in [1.29, 1.82) is 0 Å². The van der Waals surface area contributed by atoms with Crippen LogP contribution in [0.2, 0.25) is 0 Å². The Balaban J connectivity index is 1.79. The third-order valence-corrected chi connectivity index (χ3v) is 5.03. The number of nitrogens with zero attached hydrogens (tertiary/aromatic N) is 1. The van der Waals surface area contributed by atoms with Crippen LogP contribution in [-0.2, 0) is 16.1 Å². The minimum Gasteiger partial charge on any atom is -0.497 e. The van der Waals surface area contributed by atoms with Crippen LogP contribution in [0.5, 0.6) is 5.75 Å². The summed E-state index contributed by atoms with van der Waals surface area (Å²) in [5.74, 6) is 0.264. The Bertz CT molecular complexity index is 766. The Kier molecular flexibility index (Phi) is 7.67. The number of hydrogen-bond donors (Lipinski definition) is 1. The first-order valence-corrected chi connectivity index (χ1v) is 9.49. The molecule has 0 aliphatic carbocycles. The molecule has 0 aliphatic heterocycles. The van der Waals surface area contributed by atoms with E-state index in [0.717, 1.165) is 11.3 Å². The van der Waals surface area contributed by atoms with Crippen LogP contribution in [0.3, 0.4) is 0 Å². The Hall–Kier alpha value is -2.54. The lowest BCUT2D eigenvalue weighted by molar-refractivity contribution is -0.129. The molecule has 2 aromatic rings. The minimum atomic E-state index is -0.360. The van der Waals surface area contributed by atoms with Gasteiger partial charge in [0.25, 0.3) is 0 Å². The molecule has 2 aromatic carbocycles. The van der Waals surface area contributed by atoms with Crippen molar-refractivity contribution in [2.45, 2.75) is 18.7 Å². The molecule has 2 rings (SSSR count). The molecule has 0 bridgehead atoms. The summed E-state index contributed by atoms with van der Waals surface area (Å²) >= 11 is 1.26. The fraction of sp³-hybridized carbons (Fsp3) is 0.300. The zero-order valence-corrected chi connectivity index (χ0v) is 16.4. The van der Waals surface area contributed by atoms with Gasteiger partial charge < -0.3 is 15.0 Å². The molecule has 7 heteroatoms. The normalized spacial score (nSPS) is 11.6. The van der Waals surface area contributed by atoms with Crippen molar-refractivity contribution in [3.63, 3.8) is 0 Å². The van der Waals surface area contributed by atoms with Crippen molar-refractivity contribution in [3.05, 3.63) is 59.9 Å². The molecule has 0 spiro atoms. The SMILES string of the molecule is COc1ccc(CN(C)C(=O)C(C)SCC(=O)Nc2ccc(F)cc2)cc1. The molecule has 0 radical (unpaired) electrons. The molecule has 27 heavy (non-hydrogen) atoms. The second kappa shape index (κ2) is 9.97. The fourth-order valence-electron chi connectivity index (χ4n) is 2.40. The highest BCUT2D eigenvalue weighted by atomic mass is 32.2. The first-order chi connectivity index (χ1) is 12.9.